The summed E-state index contributed by atoms with van der Waals surface area (Å²) in [6, 6.07) is 3.75. The fourth-order valence-electron chi connectivity index (χ4n) is 1.05. The van der Waals surface area contributed by atoms with Crippen molar-refractivity contribution in [1.82, 2.24) is 4.98 Å². The molecular formula is C11H15BrN2O. The van der Waals surface area contributed by atoms with Crippen LogP contribution >= 0.6 is 15.9 Å². The Labute approximate surface area is 98.7 Å². The molecule has 82 valence electrons. The highest BCUT2D eigenvalue weighted by Gasteiger charge is 2.05. The molecule has 0 saturated carbocycles. The number of aromatic nitrogens is 1. The van der Waals surface area contributed by atoms with E-state index in [0.717, 1.165) is 16.0 Å². The second-order valence-corrected chi connectivity index (χ2v) is 4.51. The van der Waals surface area contributed by atoms with Gasteiger partial charge in [0.25, 0.3) is 0 Å². The lowest BCUT2D eigenvalue weighted by Gasteiger charge is -2.13. The smallest absolute Gasteiger partial charge is 0.169 e. The molecule has 3 nitrogen and oxygen atoms in total. The minimum Gasteiger partial charge on any atom is -0.487 e. The zero-order valence-corrected chi connectivity index (χ0v) is 10.5. The lowest BCUT2D eigenvalue weighted by atomic mass is 10.4. The summed E-state index contributed by atoms with van der Waals surface area (Å²) in [5.41, 5.74) is 0. The number of pyridine rings is 1. The Morgan fingerprint density at radius 3 is 3.00 bits per heavy atom. The van der Waals surface area contributed by atoms with Crippen molar-refractivity contribution in [2.45, 2.75) is 20.0 Å². The third kappa shape index (κ3) is 4.34. The van der Waals surface area contributed by atoms with Gasteiger partial charge in [-0.3, -0.25) is 0 Å². The number of hydrogen-bond donors (Lipinski definition) is 1. The van der Waals surface area contributed by atoms with Crippen LogP contribution in [-0.4, -0.2) is 17.6 Å². The molecule has 0 fully saturated rings. The Kier molecular flexibility index (Phi) is 4.62. The van der Waals surface area contributed by atoms with Gasteiger partial charge in [-0.05, 0) is 26.0 Å². The summed E-state index contributed by atoms with van der Waals surface area (Å²) in [6.07, 6.45) is 1.87. The SMILES string of the molecule is C=C(Br)CNc1ncccc1OC(C)C. The largest absolute Gasteiger partial charge is 0.487 e. The van der Waals surface area contributed by atoms with Crippen LogP contribution in [0.15, 0.2) is 29.4 Å². The van der Waals surface area contributed by atoms with E-state index < -0.39 is 0 Å². The second-order valence-electron chi connectivity index (χ2n) is 3.39. The number of anilines is 1. The van der Waals surface area contributed by atoms with E-state index in [1.165, 1.54) is 0 Å². The van der Waals surface area contributed by atoms with Gasteiger partial charge in [0.15, 0.2) is 11.6 Å². The highest BCUT2D eigenvalue weighted by atomic mass is 79.9. The molecule has 0 radical (unpaired) electrons. The third-order valence-electron chi connectivity index (χ3n) is 1.58. The fourth-order valence-corrected chi connectivity index (χ4v) is 1.19. The van der Waals surface area contributed by atoms with Crippen LogP contribution < -0.4 is 10.1 Å². The Morgan fingerprint density at radius 2 is 2.40 bits per heavy atom. The number of nitrogens with one attached hydrogen (secondary N) is 1. The molecule has 0 aliphatic heterocycles. The number of ether oxygens (including phenoxy) is 1. The summed E-state index contributed by atoms with van der Waals surface area (Å²) in [4.78, 5) is 4.21. The maximum absolute atomic E-state index is 5.61. The number of hydrogen-bond acceptors (Lipinski definition) is 3. The highest BCUT2D eigenvalue weighted by Crippen LogP contribution is 2.22. The van der Waals surface area contributed by atoms with Gasteiger partial charge in [-0.15, -0.1) is 0 Å². The minimum absolute atomic E-state index is 0.141. The van der Waals surface area contributed by atoms with E-state index in [1.54, 1.807) is 6.20 Å². The summed E-state index contributed by atoms with van der Waals surface area (Å²) in [7, 11) is 0. The molecule has 0 unspecified atom stereocenters. The summed E-state index contributed by atoms with van der Waals surface area (Å²) in [6.45, 7) is 8.35. The molecule has 0 aliphatic carbocycles. The topological polar surface area (TPSA) is 34.2 Å². The van der Waals surface area contributed by atoms with E-state index in [0.29, 0.717) is 6.54 Å². The molecule has 0 spiro atoms. The van der Waals surface area contributed by atoms with Crippen LogP contribution in [0.1, 0.15) is 13.8 Å². The van der Waals surface area contributed by atoms with Gasteiger partial charge in [-0.25, -0.2) is 4.98 Å². The molecular weight excluding hydrogens is 256 g/mol. The van der Waals surface area contributed by atoms with Crippen molar-refractivity contribution < 1.29 is 4.74 Å². The first-order valence-electron chi connectivity index (χ1n) is 4.78. The lowest BCUT2D eigenvalue weighted by Crippen LogP contribution is -2.10. The molecule has 0 aromatic carbocycles. The predicted molar refractivity (Wildman–Crippen MR) is 66.6 cm³/mol. The maximum Gasteiger partial charge on any atom is 0.169 e. The molecule has 0 aliphatic rings. The van der Waals surface area contributed by atoms with Crippen molar-refractivity contribution in [2.24, 2.45) is 0 Å². The van der Waals surface area contributed by atoms with E-state index >= 15 is 0 Å². The zero-order chi connectivity index (χ0) is 11.3. The van der Waals surface area contributed by atoms with E-state index in [1.807, 2.05) is 26.0 Å². The molecule has 1 rings (SSSR count). The monoisotopic (exact) mass is 270 g/mol. The van der Waals surface area contributed by atoms with Crippen LogP contribution in [0, 0.1) is 0 Å². The van der Waals surface area contributed by atoms with Crippen molar-refractivity contribution in [3.05, 3.63) is 29.4 Å². The van der Waals surface area contributed by atoms with Crippen molar-refractivity contribution in [1.29, 1.82) is 0 Å². The molecule has 0 atom stereocenters. The number of halogens is 1. The maximum atomic E-state index is 5.61. The van der Waals surface area contributed by atoms with E-state index in [9.17, 15) is 0 Å². The quantitative estimate of drug-likeness (QED) is 0.893. The first kappa shape index (κ1) is 12.0. The van der Waals surface area contributed by atoms with Gasteiger partial charge in [0.05, 0.1) is 6.10 Å². The normalized spacial score (nSPS) is 10.1. The minimum atomic E-state index is 0.141. The molecule has 1 aromatic rings. The van der Waals surface area contributed by atoms with E-state index in [-0.39, 0.29) is 6.10 Å². The van der Waals surface area contributed by atoms with Gasteiger partial charge in [-0.1, -0.05) is 22.5 Å². The van der Waals surface area contributed by atoms with Gasteiger partial charge in [0, 0.05) is 17.2 Å². The zero-order valence-electron chi connectivity index (χ0n) is 8.96. The van der Waals surface area contributed by atoms with Gasteiger partial charge >= 0.3 is 0 Å². The Hall–Kier alpha value is -1.03. The summed E-state index contributed by atoms with van der Waals surface area (Å²) < 4.78 is 6.49. The fraction of sp³-hybridized carbons (Fsp3) is 0.364. The van der Waals surface area contributed by atoms with Crippen LogP contribution in [-0.2, 0) is 0 Å². The van der Waals surface area contributed by atoms with Gasteiger partial charge < -0.3 is 10.1 Å². The average Bonchev–Trinajstić information content (AvgIpc) is 2.15. The molecule has 1 aromatic heterocycles. The first-order valence-corrected chi connectivity index (χ1v) is 5.57. The average molecular weight is 271 g/mol. The van der Waals surface area contributed by atoms with Crippen molar-refractivity contribution >= 4 is 21.7 Å². The van der Waals surface area contributed by atoms with Gasteiger partial charge in [0.2, 0.25) is 0 Å². The standard InChI is InChI=1S/C11H15BrN2O/c1-8(2)15-10-5-4-6-13-11(10)14-7-9(3)12/h4-6,8H,3,7H2,1-2H3,(H,13,14). The van der Waals surface area contributed by atoms with E-state index in [4.69, 9.17) is 4.74 Å². The van der Waals surface area contributed by atoms with Crippen LogP contribution in [0.4, 0.5) is 5.82 Å². The van der Waals surface area contributed by atoms with Crippen molar-refractivity contribution in [2.75, 3.05) is 11.9 Å². The van der Waals surface area contributed by atoms with Gasteiger partial charge in [-0.2, -0.15) is 0 Å². The van der Waals surface area contributed by atoms with Crippen LogP contribution in [0.3, 0.4) is 0 Å². The van der Waals surface area contributed by atoms with Crippen LogP contribution in [0.5, 0.6) is 5.75 Å². The molecule has 1 N–H and O–H groups in total. The number of nitrogens with zero attached hydrogens (tertiary/aromatic N) is 1. The molecule has 0 saturated heterocycles. The summed E-state index contributed by atoms with van der Waals surface area (Å²) in [5, 5.41) is 3.14. The van der Waals surface area contributed by atoms with Crippen LogP contribution in [0.2, 0.25) is 0 Å². The molecule has 4 heteroatoms. The van der Waals surface area contributed by atoms with Crippen molar-refractivity contribution in [3.8, 4) is 5.75 Å². The second kappa shape index (κ2) is 5.75. The first-order chi connectivity index (χ1) is 7.09. The lowest BCUT2D eigenvalue weighted by molar-refractivity contribution is 0.243. The van der Waals surface area contributed by atoms with Gasteiger partial charge in [0.1, 0.15) is 0 Å². The highest BCUT2D eigenvalue weighted by molar-refractivity contribution is 9.11. The van der Waals surface area contributed by atoms with Crippen molar-refractivity contribution in [3.63, 3.8) is 0 Å². The number of rotatable bonds is 5. The third-order valence-corrected chi connectivity index (χ3v) is 1.86. The molecule has 0 bridgehead atoms. The predicted octanol–water partition coefficient (Wildman–Crippen LogP) is 3.19. The molecule has 15 heavy (non-hydrogen) atoms. The summed E-state index contributed by atoms with van der Waals surface area (Å²) >= 11 is 3.28. The Bertz CT molecular complexity index is 339. The van der Waals surface area contributed by atoms with E-state index in [2.05, 4.69) is 32.8 Å². The summed E-state index contributed by atoms with van der Waals surface area (Å²) in [5.74, 6) is 1.51. The molecule has 0 amide bonds. The van der Waals surface area contributed by atoms with Crippen LogP contribution in [0.25, 0.3) is 0 Å². The Morgan fingerprint density at radius 1 is 1.67 bits per heavy atom. The molecule has 1 heterocycles. The Balaban J connectivity index is 2.72.